The van der Waals surface area contributed by atoms with Gasteiger partial charge >= 0.3 is 0 Å². The van der Waals surface area contributed by atoms with Gasteiger partial charge in [-0.25, -0.2) is 0 Å². The van der Waals surface area contributed by atoms with Gasteiger partial charge in [0.15, 0.2) is 0 Å². The number of hydrogen-bond donors (Lipinski definition) is 1. The van der Waals surface area contributed by atoms with E-state index in [2.05, 4.69) is 5.32 Å². The average Bonchev–Trinajstić information content (AvgIpc) is 3.17. The third kappa shape index (κ3) is 2.94. The minimum absolute atomic E-state index is 0.130. The molecule has 4 nitrogen and oxygen atoms in total. The van der Waals surface area contributed by atoms with Gasteiger partial charge in [0.05, 0.1) is 0 Å². The second-order valence-corrected chi connectivity index (χ2v) is 6.33. The van der Waals surface area contributed by atoms with Gasteiger partial charge in [0.1, 0.15) is 11.5 Å². The summed E-state index contributed by atoms with van der Waals surface area (Å²) >= 11 is 0. The quantitative estimate of drug-likeness (QED) is 0.948. The summed E-state index contributed by atoms with van der Waals surface area (Å²) in [6, 6.07) is 17.1. The van der Waals surface area contributed by atoms with Gasteiger partial charge in [-0.3, -0.25) is 4.79 Å². The first-order valence-corrected chi connectivity index (χ1v) is 8.12. The Balaban J connectivity index is 1.42. The molecule has 0 spiro atoms. The number of carbonyl (C=O) groups is 1. The number of carbonyl (C=O) groups excluding carboxylic acids is 1. The highest BCUT2D eigenvalue weighted by Gasteiger charge is 2.38. The van der Waals surface area contributed by atoms with Crippen molar-refractivity contribution in [2.24, 2.45) is 11.8 Å². The van der Waals surface area contributed by atoms with Crippen LogP contribution < -0.4 is 10.1 Å². The lowest BCUT2D eigenvalue weighted by Crippen LogP contribution is -2.31. The summed E-state index contributed by atoms with van der Waals surface area (Å²) in [5.41, 5.74) is 0.735. The number of hydrogen-bond acceptors (Lipinski definition) is 3. The number of fused-ring (bicyclic) bond motifs is 1. The van der Waals surface area contributed by atoms with Gasteiger partial charge in [0, 0.05) is 31.7 Å². The van der Waals surface area contributed by atoms with Crippen molar-refractivity contribution < 1.29 is 9.53 Å². The molecule has 118 valence electrons. The summed E-state index contributed by atoms with van der Waals surface area (Å²) in [6.45, 7) is 3.83. The van der Waals surface area contributed by atoms with E-state index < -0.39 is 0 Å². The van der Waals surface area contributed by atoms with E-state index in [0.717, 1.165) is 43.2 Å². The molecule has 4 rings (SSSR count). The van der Waals surface area contributed by atoms with Gasteiger partial charge in [0.2, 0.25) is 0 Å². The fourth-order valence-electron chi connectivity index (χ4n) is 3.49. The maximum absolute atomic E-state index is 12.6. The lowest BCUT2D eigenvalue weighted by molar-refractivity contribution is 0.0781. The lowest BCUT2D eigenvalue weighted by Gasteiger charge is -2.17. The topological polar surface area (TPSA) is 41.6 Å². The Morgan fingerprint density at radius 3 is 2.17 bits per heavy atom. The molecule has 2 saturated heterocycles. The smallest absolute Gasteiger partial charge is 0.253 e. The zero-order valence-electron chi connectivity index (χ0n) is 12.9. The Morgan fingerprint density at radius 2 is 1.52 bits per heavy atom. The van der Waals surface area contributed by atoms with Gasteiger partial charge in [-0.1, -0.05) is 18.2 Å². The molecule has 0 saturated carbocycles. The molecule has 0 aromatic heterocycles. The standard InChI is InChI=1S/C19H20N2O2/c22-19(21-12-15-10-20-11-16(15)13-21)14-6-8-18(9-7-14)23-17-4-2-1-3-5-17/h1-9,15-16,20H,10-13H2/t15-,16+. The Hall–Kier alpha value is -2.33. The summed E-state index contributed by atoms with van der Waals surface area (Å²) in [4.78, 5) is 14.6. The number of benzene rings is 2. The molecule has 1 amide bonds. The van der Waals surface area contributed by atoms with Crippen molar-refractivity contribution in [1.29, 1.82) is 0 Å². The normalized spacial score (nSPS) is 22.9. The Kier molecular flexibility index (Phi) is 3.75. The van der Waals surface area contributed by atoms with E-state index >= 15 is 0 Å². The van der Waals surface area contributed by atoms with Crippen molar-refractivity contribution in [3.8, 4) is 11.5 Å². The number of likely N-dealkylation sites (tertiary alicyclic amines) is 1. The summed E-state index contributed by atoms with van der Waals surface area (Å²) in [7, 11) is 0. The first kappa shape index (κ1) is 14.3. The van der Waals surface area contributed by atoms with Gasteiger partial charge < -0.3 is 15.0 Å². The van der Waals surface area contributed by atoms with E-state index in [1.54, 1.807) is 0 Å². The lowest BCUT2D eigenvalue weighted by atomic mass is 10.0. The van der Waals surface area contributed by atoms with Crippen LogP contribution in [-0.4, -0.2) is 37.0 Å². The molecule has 2 aliphatic heterocycles. The molecule has 2 aromatic carbocycles. The predicted octanol–water partition coefficient (Wildman–Crippen LogP) is 2.77. The van der Waals surface area contributed by atoms with E-state index in [0.29, 0.717) is 11.8 Å². The SMILES string of the molecule is O=C(c1ccc(Oc2ccccc2)cc1)N1C[C@H]2CNC[C@H]2C1. The monoisotopic (exact) mass is 308 g/mol. The van der Waals surface area contributed by atoms with Crippen LogP contribution in [0, 0.1) is 11.8 Å². The molecular weight excluding hydrogens is 288 g/mol. The maximum Gasteiger partial charge on any atom is 0.253 e. The molecule has 2 aliphatic rings. The van der Waals surface area contributed by atoms with Gasteiger partial charge in [0.25, 0.3) is 5.91 Å². The van der Waals surface area contributed by atoms with Crippen LogP contribution in [0.1, 0.15) is 10.4 Å². The highest BCUT2D eigenvalue weighted by Crippen LogP contribution is 2.28. The minimum Gasteiger partial charge on any atom is -0.457 e. The van der Waals surface area contributed by atoms with Crippen molar-refractivity contribution >= 4 is 5.91 Å². The minimum atomic E-state index is 0.130. The molecule has 1 N–H and O–H groups in total. The van der Waals surface area contributed by atoms with E-state index in [-0.39, 0.29) is 5.91 Å². The summed E-state index contributed by atoms with van der Waals surface area (Å²) in [5, 5.41) is 3.40. The van der Waals surface area contributed by atoms with Gasteiger partial charge in [-0.15, -0.1) is 0 Å². The Bertz CT molecular complexity index is 672. The second kappa shape index (κ2) is 6.05. The third-order valence-electron chi connectivity index (χ3n) is 4.76. The zero-order chi connectivity index (χ0) is 15.6. The number of ether oxygens (including phenoxy) is 1. The van der Waals surface area contributed by atoms with Crippen molar-refractivity contribution in [2.75, 3.05) is 26.2 Å². The molecule has 0 unspecified atom stereocenters. The van der Waals surface area contributed by atoms with E-state index in [9.17, 15) is 4.79 Å². The molecule has 2 aromatic rings. The highest BCUT2D eigenvalue weighted by molar-refractivity contribution is 5.94. The van der Waals surface area contributed by atoms with Crippen molar-refractivity contribution in [1.82, 2.24) is 10.2 Å². The zero-order valence-corrected chi connectivity index (χ0v) is 12.9. The number of nitrogens with zero attached hydrogens (tertiary/aromatic N) is 1. The molecule has 2 atom stereocenters. The molecule has 0 aliphatic carbocycles. The van der Waals surface area contributed by atoms with Crippen LogP contribution in [-0.2, 0) is 0 Å². The van der Waals surface area contributed by atoms with Crippen LogP contribution in [0.25, 0.3) is 0 Å². The summed E-state index contributed by atoms with van der Waals surface area (Å²) in [6.07, 6.45) is 0. The fourth-order valence-corrected chi connectivity index (χ4v) is 3.49. The van der Waals surface area contributed by atoms with E-state index in [1.165, 1.54) is 0 Å². The van der Waals surface area contributed by atoms with Crippen LogP contribution in [0.4, 0.5) is 0 Å². The number of nitrogens with one attached hydrogen (secondary N) is 1. The van der Waals surface area contributed by atoms with E-state index in [4.69, 9.17) is 4.74 Å². The fraction of sp³-hybridized carbons (Fsp3) is 0.316. The first-order chi connectivity index (χ1) is 11.3. The number of rotatable bonds is 3. The Labute approximate surface area is 136 Å². The molecule has 4 heteroatoms. The van der Waals surface area contributed by atoms with Crippen LogP contribution in [0.3, 0.4) is 0 Å². The van der Waals surface area contributed by atoms with Crippen molar-refractivity contribution in [3.63, 3.8) is 0 Å². The molecule has 23 heavy (non-hydrogen) atoms. The van der Waals surface area contributed by atoms with Crippen LogP contribution in [0.2, 0.25) is 0 Å². The van der Waals surface area contributed by atoms with Crippen molar-refractivity contribution in [2.45, 2.75) is 0 Å². The largest absolute Gasteiger partial charge is 0.457 e. The average molecular weight is 308 g/mol. The van der Waals surface area contributed by atoms with Crippen molar-refractivity contribution in [3.05, 3.63) is 60.2 Å². The third-order valence-corrected chi connectivity index (χ3v) is 4.76. The Morgan fingerprint density at radius 1 is 0.913 bits per heavy atom. The maximum atomic E-state index is 12.6. The molecule has 2 fully saturated rings. The van der Waals surface area contributed by atoms with Gasteiger partial charge in [-0.05, 0) is 48.2 Å². The van der Waals surface area contributed by atoms with Crippen LogP contribution in [0.15, 0.2) is 54.6 Å². The predicted molar refractivity (Wildman–Crippen MR) is 88.7 cm³/mol. The highest BCUT2D eigenvalue weighted by atomic mass is 16.5. The van der Waals surface area contributed by atoms with Crippen LogP contribution in [0.5, 0.6) is 11.5 Å². The molecular formula is C19H20N2O2. The number of amides is 1. The second-order valence-electron chi connectivity index (χ2n) is 6.33. The first-order valence-electron chi connectivity index (χ1n) is 8.12. The summed E-state index contributed by atoms with van der Waals surface area (Å²) < 4.78 is 5.77. The molecule has 0 bridgehead atoms. The summed E-state index contributed by atoms with van der Waals surface area (Å²) in [5.74, 6) is 2.92. The van der Waals surface area contributed by atoms with Crippen LogP contribution >= 0.6 is 0 Å². The van der Waals surface area contributed by atoms with Gasteiger partial charge in [-0.2, -0.15) is 0 Å². The molecule has 2 heterocycles. The van der Waals surface area contributed by atoms with E-state index in [1.807, 2.05) is 59.5 Å². The molecule has 0 radical (unpaired) electrons. The number of para-hydroxylation sites is 1.